The molecule has 0 saturated carbocycles. The molecule has 3 aromatic rings. The molecule has 1 heterocycles. The molecule has 28 heavy (non-hydrogen) atoms. The minimum atomic E-state index is -0.598. The van der Waals surface area contributed by atoms with Crippen molar-refractivity contribution < 1.29 is 14.0 Å². The summed E-state index contributed by atoms with van der Waals surface area (Å²) in [6.07, 6.45) is 0. The Kier molecular flexibility index (Phi) is 5.84. The van der Waals surface area contributed by atoms with E-state index in [0.717, 1.165) is 16.3 Å². The molecule has 5 nitrogen and oxygen atoms in total. The fourth-order valence-electron chi connectivity index (χ4n) is 2.67. The van der Waals surface area contributed by atoms with E-state index in [9.17, 15) is 14.0 Å². The van der Waals surface area contributed by atoms with Crippen molar-refractivity contribution in [3.05, 3.63) is 81.1 Å². The normalized spacial score (nSPS) is 11.7. The number of aryl methyl sites for hydroxylation is 2. The highest BCUT2D eigenvalue weighted by molar-refractivity contribution is 7.09. The van der Waals surface area contributed by atoms with Crippen LogP contribution in [0.5, 0.6) is 0 Å². The molecule has 0 fully saturated rings. The fraction of sp³-hybridized carbons (Fsp3) is 0.190. The largest absolute Gasteiger partial charge is 0.344 e. The van der Waals surface area contributed by atoms with Crippen molar-refractivity contribution in [1.29, 1.82) is 0 Å². The lowest BCUT2D eigenvalue weighted by Gasteiger charge is -2.14. The van der Waals surface area contributed by atoms with Crippen molar-refractivity contribution in [1.82, 2.24) is 10.3 Å². The maximum atomic E-state index is 13.8. The number of hydrogen-bond donors (Lipinski definition) is 2. The summed E-state index contributed by atoms with van der Waals surface area (Å²) in [4.78, 5) is 29.4. The van der Waals surface area contributed by atoms with Crippen molar-refractivity contribution in [2.75, 3.05) is 5.32 Å². The van der Waals surface area contributed by atoms with Gasteiger partial charge < -0.3 is 10.6 Å². The second kappa shape index (κ2) is 8.31. The number of hydrogen-bond acceptors (Lipinski definition) is 4. The highest BCUT2D eigenvalue weighted by Gasteiger charge is 2.16. The van der Waals surface area contributed by atoms with Crippen molar-refractivity contribution in [2.24, 2.45) is 0 Å². The molecule has 0 bridgehead atoms. The molecular formula is C21H20FN3O2S. The van der Waals surface area contributed by atoms with Crippen LogP contribution in [0, 0.1) is 19.7 Å². The third kappa shape index (κ3) is 4.43. The zero-order valence-electron chi connectivity index (χ0n) is 15.7. The van der Waals surface area contributed by atoms with Crippen LogP contribution in [0.3, 0.4) is 0 Å². The standard InChI is InChI=1S/C21H20FN3O2S/c1-12-8-9-15(20(26)23-13(2)19-11-28-14(3)24-19)10-18(12)25-21(27)16-6-4-5-7-17(16)22/h4-11,13H,1-3H3,(H,23,26)(H,25,27). The van der Waals surface area contributed by atoms with Crippen molar-refractivity contribution in [3.63, 3.8) is 0 Å². The van der Waals surface area contributed by atoms with Crippen LogP contribution in [-0.4, -0.2) is 16.8 Å². The lowest BCUT2D eigenvalue weighted by Crippen LogP contribution is -2.27. The molecule has 144 valence electrons. The highest BCUT2D eigenvalue weighted by atomic mass is 32.1. The quantitative estimate of drug-likeness (QED) is 0.659. The topological polar surface area (TPSA) is 71.1 Å². The number of carbonyl (C=O) groups excluding carboxylic acids is 2. The first-order chi connectivity index (χ1) is 13.3. The van der Waals surface area contributed by atoms with Gasteiger partial charge in [0, 0.05) is 16.6 Å². The Balaban J connectivity index is 1.76. The lowest BCUT2D eigenvalue weighted by molar-refractivity contribution is 0.0938. The minimum absolute atomic E-state index is 0.0516. The lowest BCUT2D eigenvalue weighted by atomic mass is 10.1. The summed E-state index contributed by atoms with van der Waals surface area (Å²) in [7, 11) is 0. The van der Waals surface area contributed by atoms with Crippen LogP contribution < -0.4 is 10.6 Å². The van der Waals surface area contributed by atoms with Gasteiger partial charge in [0.25, 0.3) is 11.8 Å². The van der Waals surface area contributed by atoms with E-state index in [-0.39, 0.29) is 17.5 Å². The Morgan fingerprint density at radius 3 is 2.54 bits per heavy atom. The Morgan fingerprint density at radius 2 is 1.86 bits per heavy atom. The Labute approximate surface area is 166 Å². The number of anilines is 1. The van der Waals surface area contributed by atoms with Gasteiger partial charge in [0.1, 0.15) is 5.82 Å². The fourth-order valence-corrected chi connectivity index (χ4v) is 3.37. The number of rotatable bonds is 5. The van der Waals surface area contributed by atoms with E-state index in [1.54, 1.807) is 31.2 Å². The number of carbonyl (C=O) groups is 2. The van der Waals surface area contributed by atoms with E-state index >= 15 is 0 Å². The third-order valence-electron chi connectivity index (χ3n) is 4.29. The Bertz CT molecular complexity index is 1030. The Morgan fingerprint density at radius 1 is 1.11 bits per heavy atom. The van der Waals surface area contributed by atoms with Gasteiger partial charge in [0.05, 0.1) is 22.3 Å². The van der Waals surface area contributed by atoms with Crippen LogP contribution in [0.1, 0.15) is 49.9 Å². The van der Waals surface area contributed by atoms with Crippen LogP contribution in [-0.2, 0) is 0 Å². The monoisotopic (exact) mass is 397 g/mol. The smallest absolute Gasteiger partial charge is 0.258 e. The summed E-state index contributed by atoms with van der Waals surface area (Å²) in [5, 5.41) is 8.43. The predicted octanol–water partition coefficient (Wildman–Crippen LogP) is 4.64. The minimum Gasteiger partial charge on any atom is -0.344 e. The van der Waals surface area contributed by atoms with Gasteiger partial charge in [-0.05, 0) is 50.6 Å². The number of nitrogens with one attached hydrogen (secondary N) is 2. The molecule has 0 saturated heterocycles. The van der Waals surface area contributed by atoms with Crippen molar-refractivity contribution in [3.8, 4) is 0 Å². The van der Waals surface area contributed by atoms with E-state index in [0.29, 0.717) is 11.3 Å². The zero-order valence-corrected chi connectivity index (χ0v) is 16.6. The average Bonchev–Trinajstić information content (AvgIpc) is 3.10. The summed E-state index contributed by atoms with van der Waals surface area (Å²) in [6, 6.07) is 10.5. The van der Waals surface area contributed by atoms with Crippen molar-refractivity contribution in [2.45, 2.75) is 26.8 Å². The van der Waals surface area contributed by atoms with E-state index < -0.39 is 11.7 Å². The number of amides is 2. The first-order valence-electron chi connectivity index (χ1n) is 8.74. The number of thiazole rings is 1. The molecule has 0 aliphatic rings. The number of nitrogens with zero attached hydrogens (tertiary/aromatic N) is 1. The third-order valence-corrected chi connectivity index (χ3v) is 5.09. The summed E-state index contributed by atoms with van der Waals surface area (Å²) in [6.45, 7) is 5.58. The first-order valence-corrected chi connectivity index (χ1v) is 9.62. The van der Waals surface area contributed by atoms with Crippen molar-refractivity contribution >= 4 is 28.8 Å². The molecule has 1 aromatic heterocycles. The van der Waals surface area contributed by atoms with Gasteiger partial charge in [-0.15, -0.1) is 11.3 Å². The van der Waals surface area contributed by atoms with Gasteiger partial charge in [-0.25, -0.2) is 9.37 Å². The average molecular weight is 397 g/mol. The molecule has 0 radical (unpaired) electrons. The SMILES string of the molecule is Cc1nc(C(C)NC(=O)c2ccc(C)c(NC(=O)c3ccccc3F)c2)cs1. The van der Waals surface area contributed by atoms with E-state index in [1.807, 2.05) is 19.2 Å². The van der Waals surface area contributed by atoms with Crippen LogP contribution in [0.4, 0.5) is 10.1 Å². The van der Waals surface area contributed by atoms with Crippen LogP contribution in [0.2, 0.25) is 0 Å². The van der Waals surface area contributed by atoms with Gasteiger partial charge in [0.15, 0.2) is 0 Å². The van der Waals surface area contributed by atoms with E-state index in [4.69, 9.17) is 0 Å². The maximum absolute atomic E-state index is 13.8. The molecule has 2 amide bonds. The van der Waals surface area contributed by atoms with Gasteiger partial charge in [0.2, 0.25) is 0 Å². The summed E-state index contributed by atoms with van der Waals surface area (Å²) in [5.74, 6) is -1.44. The van der Waals surface area contributed by atoms with Gasteiger partial charge in [-0.1, -0.05) is 18.2 Å². The molecular weight excluding hydrogens is 377 g/mol. The van der Waals surface area contributed by atoms with Gasteiger partial charge in [-0.3, -0.25) is 9.59 Å². The maximum Gasteiger partial charge on any atom is 0.258 e. The molecule has 2 N–H and O–H groups in total. The molecule has 0 aliphatic carbocycles. The number of halogens is 1. The van der Waals surface area contributed by atoms with Crippen LogP contribution >= 0.6 is 11.3 Å². The first kappa shape index (κ1) is 19.7. The predicted molar refractivity (Wildman–Crippen MR) is 108 cm³/mol. The molecule has 0 spiro atoms. The van der Waals surface area contributed by atoms with Crippen LogP contribution in [0.15, 0.2) is 47.8 Å². The second-order valence-corrected chi connectivity index (χ2v) is 7.51. The summed E-state index contributed by atoms with van der Waals surface area (Å²) >= 11 is 1.53. The number of benzene rings is 2. The highest BCUT2D eigenvalue weighted by Crippen LogP contribution is 2.20. The van der Waals surface area contributed by atoms with Gasteiger partial charge in [-0.2, -0.15) is 0 Å². The molecule has 2 aromatic carbocycles. The molecule has 1 atom stereocenters. The molecule has 3 rings (SSSR count). The van der Waals surface area contributed by atoms with E-state index in [2.05, 4.69) is 15.6 Å². The molecule has 1 unspecified atom stereocenters. The number of aromatic nitrogens is 1. The van der Waals surface area contributed by atoms with Gasteiger partial charge >= 0.3 is 0 Å². The van der Waals surface area contributed by atoms with E-state index in [1.165, 1.54) is 29.5 Å². The molecule has 0 aliphatic heterocycles. The summed E-state index contributed by atoms with van der Waals surface area (Å²) < 4.78 is 13.8. The second-order valence-electron chi connectivity index (χ2n) is 6.45. The summed E-state index contributed by atoms with van der Waals surface area (Å²) in [5.41, 5.74) is 2.37. The zero-order chi connectivity index (χ0) is 20.3. The van der Waals surface area contributed by atoms with Crippen LogP contribution in [0.25, 0.3) is 0 Å². The Hall–Kier alpha value is -3.06. The molecule has 7 heteroatoms.